The molecule has 0 bridgehead atoms. The molecule has 0 saturated carbocycles. The van der Waals surface area contributed by atoms with Crippen molar-refractivity contribution in [3.8, 4) is 0 Å². The predicted molar refractivity (Wildman–Crippen MR) is 64.5 cm³/mol. The van der Waals surface area contributed by atoms with Crippen LogP contribution in [-0.2, 0) is 14.6 Å². The van der Waals surface area contributed by atoms with Crippen molar-refractivity contribution in [3.05, 3.63) is 29.3 Å². The maximum atomic E-state index is 12.2. The number of halogens is 1. The molecular weight excluding hydrogens is 268 g/mol. The van der Waals surface area contributed by atoms with E-state index in [0.717, 1.165) is 0 Å². The third-order valence-corrected chi connectivity index (χ3v) is 6.23. The molecule has 3 nitrogen and oxygen atoms in total. The van der Waals surface area contributed by atoms with Gasteiger partial charge >= 0.3 is 0 Å². The average Bonchev–Trinajstić information content (AvgIpc) is 2.30. The molecular formula is C10H10ClO3S2. The fourth-order valence-electron chi connectivity index (χ4n) is 1.39. The molecule has 87 valence electrons. The monoisotopic (exact) mass is 277 g/mol. The van der Waals surface area contributed by atoms with E-state index in [2.05, 4.69) is 6.07 Å². The van der Waals surface area contributed by atoms with Crippen LogP contribution in [0.1, 0.15) is 0 Å². The summed E-state index contributed by atoms with van der Waals surface area (Å²) in [6.07, 6.45) is 0. The van der Waals surface area contributed by atoms with Crippen LogP contribution in [0.15, 0.2) is 23.1 Å². The summed E-state index contributed by atoms with van der Waals surface area (Å²) < 4.78 is 29.0. The van der Waals surface area contributed by atoms with Crippen LogP contribution in [0.25, 0.3) is 0 Å². The van der Waals surface area contributed by atoms with E-state index in [4.69, 9.17) is 16.3 Å². The zero-order valence-corrected chi connectivity index (χ0v) is 10.7. The van der Waals surface area contributed by atoms with Crippen LogP contribution in [0.2, 0.25) is 5.02 Å². The van der Waals surface area contributed by atoms with E-state index in [0.29, 0.717) is 17.4 Å². The molecule has 1 aliphatic rings. The molecule has 0 amide bonds. The van der Waals surface area contributed by atoms with Crippen LogP contribution in [0.5, 0.6) is 0 Å². The Morgan fingerprint density at radius 2 is 2.38 bits per heavy atom. The van der Waals surface area contributed by atoms with Gasteiger partial charge in [-0.15, -0.1) is 11.8 Å². The van der Waals surface area contributed by atoms with Gasteiger partial charge in [0.2, 0.25) is 0 Å². The van der Waals surface area contributed by atoms with E-state index >= 15 is 0 Å². The first-order valence-electron chi connectivity index (χ1n) is 4.71. The maximum absolute atomic E-state index is 12.2. The highest BCUT2D eigenvalue weighted by atomic mass is 35.5. The second-order valence-corrected chi connectivity index (χ2v) is 7.44. The summed E-state index contributed by atoms with van der Waals surface area (Å²) in [6.45, 7) is 0.850. The number of rotatable bonds is 2. The lowest BCUT2D eigenvalue weighted by molar-refractivity contribution is 0.155. The molecule has 1 heterocycles. The van der Waals surface area contributed by atoms with Gasteiger partial charge in [0.1, 0.15) is 4.58 Å². The van der Waals surface area contributed by atoms with Crippen molar-refractivity contribution >= 4 is 33.2 Å². The number of hydrogen-bond donors (Lipinski definition) is 0. The van der Waals surface area contributed by atoms with Gasteiger partial charge in [-0.2, -0.15) is 0 Å². The van der Waals surface area contributed by atoms with Gasteiger partial charge in [-0.1, -0.05) is 17.7 Å². The summed E-state index contributed by atoms with van der Waals surface area (Å²) >= 11 is 7.14. The van der Waals surface area contributed by atoms with Crippen molar-refractivity contribution < 1.29 is 13.2 Å². The number of sulfone groups is 1. The van der Waals surface area contributed by atoms with Crippen LogP contribution in [0.3, 0.4) is 0 Å². The molecule has 1 atom stereocenters. The number of ether oxygens (including phenoxy) is 1. The second kappa shape index (κ2) is 4.96. The topological polar surface area (TPSA) is 43.4 Å². The van der Waals surface area contributed by atoms with Crippen molar-refractivity contribution in [3.63, 3.8) is 0 Å². The summed E-state index contributed by atoms with van der Waals surface area (Å²) in [5, 5.41) is 0.308. The van der Waals surface area contributed by atoms with Crippen LogP contribution in [-0.4, -0.2) is 32.0 Å². The van der Waals surface area contributed by atoms with E-state index in [1.165, 1.54) is 30.0 Å². The third kappa shape index (κ3) is 2.53. The molecule has 0 aromatic heterocycles. The highest BCUT2D eigenvalue weighted by Gasteiger charge is 2.30. The molecule has 1 aromatic carbocycles. The fraction of sp³-hybridized carbons (Fsp3) is 0.400. The maximum Gasteiger partial charge on any atom is 0.192 e. The minimum absolute atomic E-state index is 0.235. The Morgan fingerprint density at radius 3 is 3.00 bits per heavy atom. The Balaban J connectivity index is 2.30. The summed E-state index contributed by atoms with van der Waals surface area (Å²) in [7, 11) is -3.35. The van der Waals surface area contributed by atoms with Crippen molar-refractivity contribution in [1.29, 1.82) is 0 Å². The second-order valence-electron chi connectivity index (χ2n) is 3.29. The Morgan fingerprint density at radius 1 is 1.56 bits per heavy atom. The summed E-state index contributed by atoms with van der Waals surface area (Å²) in [6, 6.07) is 7.16. The highest BCUT2D eigenvalue weighted by molar-refractivity contribution is 8.13. The van der Waals surface area contributed by atoms with Gasteiger partial charge < -0.3 is 4.74 Å². The quantitative estimate of drug-likeness (QED) is 0.829. The largest absolute Gasteiger partial charge is 0.378 e. The Labute approximate surface area is 104 Å². The van der Waals surface area contributed by atoms with Crippen LogP contribution in [0.4, 0.5) is 0 Å². The fourth-order valence-corrected chi connectivity index (χ4v) is 4.76. The molecule has 1 aromatic rings. The average molecular weight is 278 g/mol. The van der Waals surface area contributed by atoms with Crippen LogP contribution in [0, 0.1) is 6.07 Å². The minimum Gasteiger partial charge on any atom is -0.378 e. The lowest BCUT2D eigenvalue weighted by atomic mass is 10.4. The normalized spacial score (nSPS) is 21.9. The molecule has 1 radical (unpaired) electrons. The summed E-state index contributed by atoms with van der Waals surface area (Å²) in [5.41, 5.74) is 0. The standard InChI is InChI=1S/C10H10ClO3S2/c11-8-2-1-3-9(6-8)16(12,13)10-7-14-4-5-15-10/h1,3,6,10H,4-5,7H2. The van der Waals surface area contributed by atoms with Gasteiger partial charge in [-0.25, -0.2) is 8.42 Å². The molecule has 1 unspecified atom stereocenters. The third-order valence-electron chi connectivity index (χ3n) is 2.20. The van der Waals surface area contributed by atoms with Gasteiger partial charge in [-0.3, -0.25) is 0 Å². The van der Waals surface area contributed by atoms with E-state index in [1.807, 2.05) is 0 Å². The Bertz CT molecular complexity index is 467. The highest BCUT2D eigenvalue weighted by Crippen LogP contribution is 2.28. The summed E-state index contributed by atoms with van der Waals surface area (Å²) in [5.74, 6) is 0.705. The minimum atomic E-state index is -3.35. The summed E-state index contributed by atoms with van der Waals surface area (Å²) in [4.78, 5) is 0.235. The van der Waals surface area contributed by atoms with Crippen molar-refractivity contribution in [2.45, 2.75) is 9.48 Å². The molecule has 0 N–H and O–H groups in total. The lowest BCUT2D eigenvalue weighted by Crippen LogP contribution is -2.28. The van der Waals surface area contributed by atoms with Gasteiger partial charge in [-0.05, 0) is 12.1 Å². The first-order valence-corrected chi connectivity index (χ1v) is 7.68. The molecule has 0 aliphatic carbocycles. The SMILES string of the molecule is O=S(=O)(c1cc[c]c(Cl)c1)C1COCCS1. The molecule has 1 saturated heterocycles. The number of hydrogen-bond acceptors (Lipinski definition) is 4. The first kappa shape index (κ1) is 12.2. The van der Waals surface area contributed by atoms with Crippen LogP contribution < -0.4 is 0 Å². The molecule has 2 rings (SSSR count). The zero-order chi connectivity index (χ0) is 11.6. The van der Waals surface area contributed by atoms with E-state index in [1.54, 1.807) is 0 Å². The van der Waals surface area contributed by atoms with Gasteiger partial charge in [0.15, 0.2) is 9.84 Å². The Kier molecular flexibility index (Phi) is 3.79. The van der Waals surface area contributed by atoms with Crippen molar-refractivity contribution in [2.24, 2.45) is 0 Å². The molecule has 6 heteroatoms. The van der Waals surface area contributed by atoms with E-state index in [-0.39, 0.29) is 11.5 Å². The van der Waals surface area contributed by atoms with Crippen molar-refractivity contribution in [2.75, 3.05) is 19.0 Å². The number of thioether (sulfide) groups is 1. The van der Waals surface area contributed by atoms with E-state index in [9.17, 15) is 8.42 Å². The first-order chi connectivity index (χ1) is 7.60. The number of benzene rings is 1. The van der Waals surface area contributed by atoms with E-state index < -0.39 is 14.4 Å². The Hall–Kier alpha value is -0.230. The van der Waals surface area contributed by atoms with Gasteiger partial charge in [0, 0.05) is 16.8 Å². The van der Waals surface area contributed by atoms with Crippen LogP contribution >= 0.6 is 23.4 Å². The molecule has 16 heavy (non-hydrogen) atoms. The smallest absolute Gasteiger partial charge is 0.192 e. The molecule has 1 fully saturated rings. The van der Waals surface area contributed by atoms with Crippen molar-refractivity contribution in [1.82, 2.24) is 0 Å². The molecule has 0 spiro atoms. The predicted octanol–water partition coefficient (Wildman–Crippen LogP) is 2.00. The van der Waals surface area contributed by atoms with Gasteiger partial charge in [0.25, 0.3) is 0 Å². The molecule has 1 aliphatic heterocycles. The van der Waals surface area contributed by atoms with Gasteiger partial charge in [0.05, 0.1) is 18.1 Å². The lowest BCUT2D eigenvalue weighted by Gasteiger charge is -2.21. The zero-order valence-electron chi connectivity index (χ0n) is 8.35.